The van der Waals surface area contributed by atoms with Gasteiger partial charge >= 0.3 is 0 Å². The van der Waals surface area contributed by atoms with Crippen molar-refractivity contribution < 1.29 is 10.0 Å². The number of nitrogens with zero attached hydrogens (tertiary/aromatic N) is 2. The molecule has 6 nitrogen and oxygen atoms in total. The van der Waals surface area contributed by atoms with E-state index in [4.69, 9.17) is 12.2 Å². The number of hydrogen-bond acceptors (Lipinski definition) is 5. The number of H-pyrrole nitrogens is 1. The topological polar surface area (TPSA) is 91.5 Å². The molecule has 1 aliphatic rings. The zero-order valence-electron chi connectivity index (χ0n) is 9.41. The number of aromatic nitrogens is 1. The van der Waals surface area contributed by atoms with Crippen molar-refractivity contribution in [3.05, 3.63) is 34.0 Å². The van der Waals surface area contributed by atoms with Crippen LogP contribution in [0.2, 0.25) is 0 Å². The van der Waals surface area contributed by atoms with E-state index in [-0.39, 0.29) is 11.4 Å². The second kappa shape index (κ2) is 4.32. The number of aliphatic imine (C=N–C) groups is 1. The first-order chi connectivity index (χ1) is 9.06. The van der Waals surface area contributed by atoms with Gasteiger partial charge in [-0.2, -0.15) is 0 Å². The van der Waals surface area contributed by atoms with E-state index < -0.39 is 4.92 Å². The second-order valence-corrected chi connectivity index (χ2v) is 5.56. The van der Waals surface area contributed by atoms with E-state index in [1.807, 2.05) is 0 Å². The number of rotatable bonds is 2. The van der Waals surface area contributed by atoms with Crippen molar-refractivity contribution in [2.45, 2.75) is 0 Å². The minimum absolute atomic E-state index is 0.0252. The van der Waals surface area contributed by atoms with Gasteiger partial charge in [-0.3, -0.25) is 10.1 Å². The molecular weight excluding hydrogens is 286 g/mol. The fourth-order valence-corrected chi connectivity index (χ4v) is 2.85. The van der Waals surface area contributed by atoms with Crippen LogP contribution in [0.3, 0.4) is 0 Å². The molecule has 1 aromatic carbocycles. The number of nitro groups is 1. The molecule has 2 heterocycles. The maximum atomic E-state index is 10.7. The summed E-state index contributed by atoms with van der Waals surface area (Å²) in [6, 6.07) is 4.29. The molecule has 2 aromatic rings. The van der Waals surface area contributed by atoms with Gasteiger partial charge in [0.25, 0.3) is 5.69 Å². The predicted octanol–water partition coefficient (Wildman–Crippen LogP) is 2.60. The lowest BCUT2D eigenvalue weighted by molar-refractivity contribution is -0.384. The summed E-state index contributed by atoms with van der Waals surface area (Å²) >= 11 is 6.38. The monoisotopic (exact) mass is 293 g/mol. The summed E-state index contributed by atoms with van der Waals surface area (Å²) in [4.78, 5) is 17.4. The Morgan fingerprint density at radius 2 is 2.32 bits per heavy atom. The van der Waals surface area contributed by atoms with Gasteiger partial charge in [-0.15, -0.1) is 0 Å². The van der Waals surface area contributed by atoms with Gasteiger partial charge < -0.3 is 10.1 Å². The van der Waals surface area contributed by atoms with E-state index in [0.717, 1.165) is 0 Å². The predicted molar refractivity (Wildman–Crippen MR) is 78.2 cm³/mol. The number of nitro benzene ring substituents is 1. The largest absolute Gasteiger partial charge is 0.505 e. The third kappa shape index (κ3) is 1.98. The standard InChI is InChI=1S/C11H7N3O3S2/c15-10-6-3-5(14(16)17)1-2-7(6)12-9(10)8-4-19-11(18)13-8/h1-3,12,15H,4H2. The molecule has 96 valence electrons. The van der Waals surface area contributed by atoms with Crippen LogP contribution in [0.25, 0.3) is 10.9 Å². The van der Waals surface area contributed by atoms with Crippen LogP contribution < -0.4 is 0 Å². The highest BCUT2D eigenvalue weighted by Crippen LogP contribution is 2.33. The van der Waals surface area contributed by atoms with Gasteiger partial charge in [0.1, 0.15) is 5.69 Å². The Bertz CT molecular complexity index is 751. The minimum Gasteiger partial charge on any atom is -0.505 e. The number of fused-ring (bicyclic) bond motifs is 1. The van der Waals surface area contributed by atoms with Crippen molar-refractivity contribution in [3.63, 3.8) is 0 Å². The normalized spacial score (nSPS) is 14.9. The first kappa shape index (κ1) is 12.1. The Morgan fingerprint density at radius 1 is 1.53 bits per heavy atom. The van der Waals surface area contributed by atoms with Crippen molar-refractivity contribution in [2.24, 2.45) is 4.99 Å². The Morgan fingerprint density at radius 3 is 2.95 bits per heavy atom. The van der Waals surface area contributed by atoms with E-state index >= 15 is 0 Å². The van der Waals surface area contributed by atoms with Gasteiger partial charge in [-0.25, -0.2) is 4.99 Å². The Kier molecular flexibility index (Phi) is 2.76. The molecule has 0 spiro atoms. The molecule has 19 heavy (non-hydrogen) atoms. The third-order valence-electron chi connectivity index (χ3n) is 2.81. The van der Waals surface area contributed by atoms with Crippen LogP contribution in [-0.4, -0.2) is 30.8 Å². The van der Waals surface area contributed by atoms with Gasteiger partial charge in [0.05, 0.1) is 16.2 Å². The van der Waals surface area contributed by atoms with E-state index in [0.29, 0.717) is 32.4 Å². The summed E-state index contributed by atoms with van der Waals surface area (Å²) in [5, 5.41) is 21.3. The molecule has 1 aliphatic heterocycles. The number of benzene rings is 1. The molecule has 0 unspecified atom stereocenters. The van der Waals surface area contributed by atoms with E-state index in [1.54, 1.807) is 6.07 Å². The number of non-ortho nitro benzene ring substituents is 1. The molecule has 0 bridgehead atoms. The molecule has 2 N–H and O–H groups in total. The van der Waals surface area contributed by atoms with Crippen LogP contribution in [0.1, 0.15) is 5.69 Å². The van der Waals surface area contributed by atoms with E-state index in [1.165, 1.54) is 23.9 Å². The Hall–Kier alpha value is -1.93. The summed E-state index contributed by atoms with van der Waals surface area (Å²) in [5.74, 6) is 0.559. The zero-order chi connectivity index (χ0) is 13.6. The average Bonchev–Trinajstić information content (AvgIpc) is 2.93. The molecule has 8 heteroatoms. The number of aromatic amines is 1. The quantitative estimate of drug-likeness (QED) is 0.504. The van der Waals surface area contributed by atoms with E-state index in [2.05, 4.69) is 9.98 Å². The van der Waals surface area contributed by atoms with Gasteiger partial charge in [-0.1, -0.05) is 24.0 Å². The summed E-state index contributed by atoms with van der Waals surface area (Å²) < 4.78 is 0.527. The van der Waals surface area contributed by atoms with Crippen LogP contribution >= 0.6 is 24.0 Å². The smallest absolute Gasteiger partial charge is 0.270 e. The highest BCUT2D eigenvalue weighted by Gasteiger charge is 2.21. The number of thiocarbonyl (C=S) groups is 1. The zero-order valence-corrected chi connectivity index (χ0v) is 11.0. The molecule has 0 fully saturated rings. The lowest BCUT2D eigenvalue weighted by Crippen LogP contribution is -2.00. The second-order valence-electron chi connectivity index (χ2n) is 3.95. The van der Waals surface area contributed by atoms with Crippen LogP contribution in [0.15, 0.2) is 23.2 Å². The van der Waals surface area contributed by atoms with Crippen molar-refractivity contribution >= 4 is 50.6 Å². The fourth-order valence-electron chi connectivity index (χ4n) is 1.92. The Balaban J connectivity index is 2.18. The van der Waals surface area contributed by atoms with Crippen molar-refractivity contribution in [2.75, 3.05) is 5.75 Å². The number of thioether (sulfide) groups is 1. The van der Waals surface area contributed by atoms with Gasteiger partial charge in [0.15, 0.2) is 10.1 Å². The summed E-state index contributed by atoms with van der Waals surface area (Å²) in [7, 11) is 0. The van der Waals surface area contributed by atoms with Crippen molar-refractivity contribution in [1.82, 2.24) is 4.98 Å². The maximum absolute atomic E-state index is 10.7. The van der Waals surface area contributed by atoms with Crippen molar-refractivity contribution in [1.29, 1.82) is 0 Å². The summed E-state index contributed by atoms with van der Waals surface area (Å²) in [5.41, 5.74) is 1.70. The number of nitrogens with one attached hydrogen (secondary N) is 1. The molecule has 3 rings (SSSR count). The fraction of sp³-hybridized carbons (Fsp3) is 0.0909. The first-order valence-electron chi connectivity index (χ1n) is 5.30. The molecule has 0 atom stereocenters. The van der Waals surface area contributed by atoms with E-state index in [9.17, 15) is 15.2 Å². The molecule has 1 aromatic heterocycles. The van der Waals surface area contributed by atoms with Crippen molar-refractivity contribution in [3.8, 4) is 5.75 Å². The summed E-state index contributed by atoms with van der Waals surface area (Å²) in [6.07, 6.45) is 0. The third-order valence-corrected chi connectivity index (χ3v) is 4.01. The highest BCUT2D eigenvalue weighted by atomic mass is 32.2. The maximum Gasteiger partial charge on any atom is 0.270 e. The Labute approximate surface area is 116 Å². The molecule has 0 amide bonds. The minimum atomic E-state index is -0.496. The van der Waals surface area contributed by atoms with Gasteiger partial charge in [0.2, 0.25) is 0 Å². The van der Waals surface area contributed by atoms with Gasteiger partial charge in [0, 0.05) is 23.3 Å². The molecule has 0 aliphatic carbocycles. The lowest BCUT2D eigenvalue weighted by atomic mass is 10.2. The molecule has 0 radical (unpaired) electrons. The molecule has 0 saturated carbocycles. The molecular formula is C11H7N3O3S2. The summed E-state index contributed by atoms with van der Waals surface area (Å²) in [6.45, 7) is 0. The van der Waals surface area contributed by atoms with Crippen LogP contribution in [0.5, 0.6) is 5.75 Å². The van der Waals surface area contributed by atoms with Crippen LogP contribution in [0.4, 0.5) is 5.69 Å². The first-order valence-corrected chi connectivity index (χ1v) is 6.69. The lowest BCUT2D eigenvalue weighted by Gasteiger charge is -1.95. The molecule has 0 saturated heterocycles. The highest BCUT2D eigenvalue weighted by molar-refractivity contribution is 8.23. The SMILES string of the molecule is O=[N+]([O-])c1ccc2[nH]c(C3=NC(=S)SC3)c(O)c2c1. The number of hydrogen-bond donors (Lipinski definition) is 2. The van der Waals surface area contributed by atoms with Gasteiger partial charge in [-0.05, 0) is 6.07 Å². The van der Waals surface area contributed by atoms with Crippen LogP contribution in [0, 0.1) is 10.1 Å². The van der Waals surface area contributed by atoms with Crippen LogP contribution in [-0.2, 0) is 0 Å². The number of aromatic hydroxyl groups is 1. The average molecular weight is 293 g/mol.